The number of terminal acetylenes is 1. The van der Waals surface area contributed by atoms with Crippen molar-refractivity contribution in [3.05, 3.63) is 130 Å². The van der Waals surface area contributed by atoms with Crippen molar-refractivity contribution >= 4 is 33.5 Å². The van der Waals surface area contributed by atoms with E-state index in [9.17, 15) is 22.4 Å². The van der Waals surface area contributed by atoms with Crippen molar-refractivity contribution < 1.29 is 27.1 Å². The number of carbonyl (C=O) groups excluding carboxylic acids is 2. The maximum Gasteiger partial charge on any atom is 0.251 e. The highest BCUT2D eigenvalue weighted by atomic mass is 32.2. The van der Waals surface area contributed by atoms with Crippen molar-refractivity contribution in [2.75, 3.05) is 27.4 Å². The van der Waals surface area contributed by atoms with Gasteiger partial charge in [-0.1, -0.05) is 48.4 Å². The number of rotatable bonds is 9. The van der Waals surface area contributed by atoms with Gasteiger partial charge in [0.15, 0.2) is 0 Å². The summed E-state index contributed by atoms with van der Waals surface area (Å²) in [4.78, 5) is 24.2. The molecule has 1 aliphatic heterocycles. The standard InChI is InChI=1S/C32H27FN2O5S.C2H7N/c1-4-29(23-12-10-22(11-13-23)20-34-32(37)25-8-6-5-7-9-25)30(35(2)41(3,38)39)19-28-18-26(21-36)31(40-28)24-14-16-27(33)17-15-24;1-3-2/h1,5-17,19,21H,18,20H2,2-3H3,(H,34,37);3H,1-2H3/b28-19+,30-29-;. The van der Waals surface area contributed by atoms with Crippen LogP contribution in [0.4, 0.5) is 4.39 Å². The Morgan fingerprint density at radius 3 is 2.18 bits per heavy atom. The van der Waals surface area contributed by atoms with Crippen LogP contribution in [0.1, 0.15) is 33.5 Å². The number of ether oxygens (including phenoxy) is 1. The number of halogens is 1. The van der Waals surface area contributed by atoms with E-state index in [4.69, 9.17) is 11.2 Å². The highest BCUT2D eigenvalue weighted by Gasteiger charge is 2.25. The van der Waals surface area contributed by atoms with Gasteiger partial charge in [-0.15, -0.1) is 6.42 Å². The number of amides is 1. The molecule has 0 unspecified atom stereocenters. The van der Waals surface area contributed by atoms with Crippen LogP contribution in [0, 0.1) is 18.2 Å². The third-order valence-corrected chi connectivity index (χ3v) is 7.60. The lowest BCUT2D eigenvalue weighted by molar-refractivity contribution is -0.104. The van der Waals surface area contributed by atoms with Crippen LogP contribution in [0.15, 0.2) is 102 Å². The largest absolute Gasteiger partial charge is 0.460 e. The molecule has 1 heterocycles. The molecule has 228 valence electrons. The maximum absolute atomic E-state index is 13.4. The van der Waals surface area contributed by atoms with Crippen LogP contribution in [0.5, 0.6) is 0 Å². The van der Waals surface area contributed by atoms with E-state index in [-0.39, 0.29) is 35.9 Å². The number of hydrogen-bond donors (Lipinski definition) is 2. The van der Waals surface area contributed by atoms with Gasteiger partial charge in [-0.25, -0.2) is 12.8 Å². The first kappa shape index (κ1) is 33.5. The Hall–Kier alpha value is -4.98. The fourth-order valence-electron chi connectivity index (χ4n) is 4.14. The number of sulfonamides is 1. The van der Waals surface area contributed by atoms with Gasteiger partial charge in [-0.3, -0.25) is 13.9 Å². The van der Waals surface area contributed by atoms with Gasteiger partial charge >= 0.3 is 0 Å². The van der Waals surface area contributed by atoms with Gasteiger partial charge < -0.3 is 15.4 Å². The minimum Gasteiger partial charge on any atom is -0.460 e. The highest BCUT2D eigenvalue weighted by Crippen LogP contribution is 2.36. The van der Waals surface area contributed by atoms with Gasteiger partial charge in [-0.05, 0) is 61.6 Å². The van der Waals surface area contributed by atoms with E-state index >= 15 is 0 Å². The molecule has 0 saturated heterocycles. The molecule has 4 rings (SSSR count). The van der Waals surface area contributed by atoms with Crippen LogP contribution in [-0.2, 0) is 26.1 Å². The van der Waals surface area contributed by atoms with E-state index in [0.717, 1.165) is 16.1 Å². The average Bonchev–Trinajstić information content (AvgIpc) is 3.43. The summed E-state index contributed by atoms with van der Waals surface area (Å²) in [6.07, 6.45) is 9.17. The zero-order valence-corrected chi connectivity index (χ0v) is 25.7. The van der Waals surface area contributed by atoms with E-state index in [1.54, 1.807) is 48.5 Å². The molecule has 2 N–H and O–H groups in total. The molecule has 0 aromatic heterocycles. The molecular weight excluding hydrogens is 581 g/mol. The normalized spacial score (nSPS) is 14.0. The molecule has 10 heteroatoms. The first-order chi connectivity index (χ1) is 21.0. The zero-order valence-electron chi connectivity index (χ0n) is 24.9. The minimum atomic E-state index is -3.74. The summed E-state index contributed by atoms with van der Waals surface area (Å²) < 4.78 is 45.5. The SMILES string of the molecule is C#C/C(=C(\C=C1/CC(C=O)=C(c2ccc(F)cc2)O1)N(C)S(C)(=O)=O)c1ccc(CNC(=O)c2ccccc2)cc1.CNC. The van der Waals surface area contributed by atoms with Gasteiger partial charge in [0.05, 0.1) is 17.5 Å². The molecule has 3 aromatic carbocycles. The summed E-state index contributed by atoms with van der Waals surface area (Å²) in [5, 5.41) is 5.61. The number of nitrogens with one attached hydrogen (secondary N) is 2. The molecule has 0 radical (unpaired) electrons. The summed E-state index contributed by atoms with van der Waals surface area (Å²) in [6, 6.07) is 21.4. The fourth-order valence-corrected chi connectivity index (χ4v) is 4.64. The quantitative estimate of drug-likeness (QED) is 0.266. The molecule has 3 aromatic rings. The van der Waals surface area contributed by atoms with E-state index in [1.807, 2.05) is 20.2 Å². The van der Waals surface area contributed by atoms with E-state index < -0.39 is 15.8 Å². The first-order valence-electron chi connectivity index (χ1n) is 13.5. The van der Waals surface area contributed by atoms with Gasteiger partial charge in [0.25, 0.3) is 5.91 Å². The summed E-state index contributed by atoms with van der Waals surface area (Å²) >= 11 is 0. The predicted octanol–water partition coefficient (Wildman–Crippen LogP) is 4.74. The van der Waals surface area contributed by atoms with E-state index in [2.05, 4.69) is 16.6 Å². The van der Waals surface area contributed by atoms with Crippen LogP contribution in [0.25, 0.3) is 11.3 Å². The minimum absolute atomic E-state index is 0.0925. The lowest BCUT2D eigenvalue weighted by atomic mass is 10.0. The Labute approximate surface area is 258 Å². The Morgan fingerprint density at radius 2 is 1.64 bits per heavy atom. The second-order valence-corrected chi connectivity index (χ2v) is 11.8. The van der Waals surface area contributed by atoms with Crippen LogP contribution in [0.2, 0.25) is 0 Å². The third-order valence-electron chi connectivity index (χ3n) is 6.40. The van der Waals surface area contributed by atoms with Crippen molar-refractivity contribution in [1.29, 1.82) is 0 Å². The molecule has 1 aliphatic rings. The number of carbonyl (C=O) groups is 2. The zero-order chi connectivity index (χ0) is 32.3. The summed E-state index contributed by atoms with van der Waals surface area (Å²) in [5.74, 6) is 2.51. The molecule has 8 nitrogen and oxygen atoms in total. The van der Waals surface area contributed by atoms with E-state index in [0.29, 0.717) is 34.3 Å². The van der Waals surface area contributed by atoms with Gasteiger partial charge in [0.2, 0.25) is 10.0 Å². The Kier molecular flexibility index (Phi) is 11.8. The van der Waals surface area contributed by atoms with Crippen LogP contribution in [0.3, 0.4) is 0 Å². The topological polar surface area (TPSA) is 105 Å². The van der Waals surface area contributed by atoms with Crippen molar-refractivity contribution in [3.63, 3.8) is 0 Å². The number of allylic oxidation sites excluding steroid dienone is 3. The van der Waals surface area contributed by atoms with Gasteiger partial charge in [0.1, 0.15) is 23.6 Å². The number of aldehydes is 1. The average molecular weight is 616 g/mol. The third kappa shape index (κ3) is 8.77. The molecule has 1 amide bonds. The smallest absolute Gasteiger partial charge is 0.251 e. The van der Waals surface area contributed by atoms with E-state index in [1.165, 1.54) is 37.4 Å². The summed E-state index contributed by atoms with van der Waals surface area (Å²) in [6.45, 7) is 0.281. The fraction of sp³-hybridized carbons (Fsp3) is 0.176. The second-order valence-electron chi connectivity index (χ2n) is 9.75. The number of hydrogen-bond acceptors (Lipinski definition) is 6. The Bertz CT molecular complexity index is 1720. The van der Waals surface area contributed by atoms with Crippen LogP contribution < -0.4 is 10.6 Å². The first-order valence-corrected chi connectivity index (χ1v) is 15.4. The number of benzene rings is 3. The highest BCUT2D eigenvalue weighted by molar-refractivity contribution is 7.88. The van der Waals surface area contributed by atoms with Crippen molar-refractivity contribution in [3.8, 4) is 12.3 Å². The lowest BCUT2D eigenvalue weighted by Gasteiger charge is -2.21. The molecule has 44 heavy (non-hydrogen) atoms. The van der Waals surface area contributed by atoms with Crippen molar-refractivity contribution in [2.24, 2.45) is 0 Å². The summed E-state index contributed by atoms with van der Waals surface area (Å²) in [5.41, 5.74) is 3.20. The molecule has 0 atom stereocenters. The van der Waals surface area contributed by atoms with Crippen molar-refractivity contribution in [1.82, 2.24) is 14.9 Å². The molecular formula is C34H34FN3O5S. The van der Waals surface area contributed by atoms with Gasteiger partial charge in [0, 0.05) is 42.8 Å². The summed E-state index contributed by atoms with van der Waals surface area (Å²) in [7, 11) is 1.38. The molecule has 0 spiro atoms. The predicted molar refractivity (Wildman–Crippen MR) is 171 cm³/mol. The molecule has 0 saturated carbocycles. The van der Waals surface area contributed by atoms with Crippen LogP contribution in [-0.4, -0.2) is 52.3 Å². The maximum atomic E-state index is 13.4. The number of nitrogens with zero attached hydrogens (tertiary/aromatic N) is 1. The monoisotopic (exact) mass is 615 g/mol. The lowest BCUT2D eigenvalue weighted by Crippen LogP contribution is -2.25. The number of likely N-dealkylation sites (N-methyl/N-ethyl adjacent to an activating group) is 1. The Balaban J connectivity index is 0.00000169. The van der Waals surface area contributed by atoms with Gasteiger partial charge in [-0.2, -0.15) is 0 Å². The Morgan fingerprint density at radius 1 is 1.02 bits per heavy atom. The van der Waals surface area contributed by atoms with Crippen LogP contribution >= 0.6 is 0 Å². The second kappa shape index (κ2) is 15.5. The van der Waals surface area contributed by atoms with Crippen molar-refractivity contribution in [2.45, 2.75) is 13.0 Å². The molecule has 0 aliphatic carbocycles. The molecule has 0 bridgehead atoms. The molecule has 0 fully saturated rings.